The summed E-state index contributed by atoms with van der Waals surface area (Å²) in [5, 5.41) is 3.38. The lowest BCUT2D eigenvalue weighted by atomic mass is 9.86. The topological polar surface area (TPSA) is 64.4 Å². The average molecular weight is 314 g/mol. The van der Waals surface area contributed by atoms with Crippen LogP contribution in [0.15, 0.2) is 30.3 Å². The van der Waals surface area contributed by atoms with Crippen LogP contribution in [-0.2, 0) is 4.79 Å². The molecule has 1 aliphatic carbocycles. The molecule has 23 heavy (non-hydrogen) atoms. The summed E-state index contributed by atoms with van der Waals surface area (Å²) in [4.78, 5) is 11.2. The van der Waals surface area contributed by atoms with Gasteiger partial charge in [0.15, 0.2) is 0 Å². The van der Waals surface area contributed by atoms with Crippen LogP contribution in [0.3, 0.4) is 0 Å². The van der Waals surface area contributed by atoms with E-state index < -0.39 is 0 Å². The molecule has 1 aromatic rings. The van der Waals surface area contributed by atoms with Crippen molar-refractivity contribution >= 4 is 11.5 Å². The summed E-state index contributed by atoms with van der Waals surface area (Å²) in [6.07, 6.45) is 7.10. The highest BCUT2D eigenvalue weighted by Gasteiger charge is 2.19. The molecule has 124 valence electrons. The zero-order chi connectivity index (χ0) is 16.1. The van der Waals surface area contributed by atoms with Gasteiger partial charge in [-0.05, 0) is 74.4 Å². The van der Waals surface area contributed by atoms with Gasteiger partial charge in [0.2, 0.25) is 5.91 Å². The molecule has 3 rings (SSSR count). The van der Waals surface area contributed by atoms with Crippen LogP contribution < -0.4 is 15.8 Å². The number of carbonyl (C=O) groups is 1. The Morgan fingerprint density at radius 3 is 2.52 bits per heavy atom. The van der Waals surface area contributed by atoms with Crippen molar-refractivity contribution in [2.45, 2.75) is 32.1 Å². The molecule has 1 aromatic carbocycles. The van der Waals surface area contributed by atoms with Crippen LogP contribution in [0.1, 0.15) is 37.7 Å². The fourth-order valence-corrected chi connectivity index (χ4v) is 3.38. The smallest absolute Gasteiger partial charge is 0.220 e. The molecule has 1 saturated heterocycles. The molecule has 1 aliphatic heterocycles. The van der Waals surface area contributed by atoms with Gasteiger partial charge in [-0.25, -0.2) is 0 Å². The van der Waals surface area contributed by atoms with Crippen molar-refractivity contribution in [1.29, 1.82) is 0 Å². The Hall–Kier alpha value is -1.81. The monoisotopic (exact) mass is 314 g/mol. The van der Waals surface area contributed by atoms with E-state index in [-0.39, 0.29) is 11.8 Å². The van der Waals surface area contributed by atoms with E-state index in [0.29, 0.717) is 5.92 Å². The quantitative estimate of drug-likeness (QED) is 0.878. The molecular formula is C19H26N2O2. The van der Waals surface area contributed by atoms with Gasteiger partial charge in [0, 0.05) is 5.92 Å². The number of benzene rings is 1. The molecule has 0 aromatic heterocycles. The van der Waals surface area contributed by atoms with Gasteiger partial charge in [-0.3, -0.25) is 4.79 Å². The summed E-state index contributed by atoms with van der Waals surface area (Å²) < 4.78 is 5.93. The molecule has 0 saturated carbocycles. The normalized spacial score (nSPS) is 22.4. The van der Waals surface area contributed by atoms with E-state index in [2.05, 4.69) is 35.7 Å². The number of nitrogens with one attached hydrogen (secondary N) is 1. The van der Waals surface area contributed by atoms with Gasteiger partial charge in [-0.1, -0.05) is 18.2 Å². The lowest BCUT2D eigenvalue weighted by Crippen LogP contribution is -2.30. The molecule has 1 fully saturated rings. The first-order chi connectivity index (χ1) is 11.2. The largest absolute Gasteiger partial charge is 0.493 e. The van der Waals surface area contributed by atoms with Gasteiger partial charge in [0.25, 0.3) is 0 Å². The van der Waals surface area contributed by atoms with E-state index in [1.54, 1.807) is 0 Å². The zero-order valence-corrected chi connectivity index (χ0v) is 13.6. The third-order valence-electron chi connectivity index (χ3n) is 4.98. The second-order valence-corrected chi connectivity index (χ2v) is 6.63. The fraction of sp³-hybridized carbons (Fsp3) is 0.526. The summed E-state index contributed by atoms with van der Waals surface area (Å²) in [5.74, 6) is 1.44. The summed E-state index contributed by atoms with van der Waals surface area (Å²) in [6.45, 7) is 3.02. The summed E-state index contributed by atoms with van der Waals surface area (Å²) in [5.41, 5.74) is 7.91. The van der Waals surface area contributed by atoms with E-state index in [9.17, 15) is 4.79 Å². The van der Waals surface area contributed by atoms with Gasteiger partial charge >= 0.3 is 0 Å². The first-order valence-corrected chi connectivity index (χ1v) is 8.64. The predicted octanol–water partition coefficient (Wildman–Crippen LogP) is 2.73. The number of hydrogen-bond donors (Lipinski definition) is 2. The van der Waals surface area contributed by atoms with E-state index >= 15 is 0 Å². The molecule has 4 nitrogen and oxygen atoms in total. The summed E-state index contributed by atoms with van der Waals surface area (Å²) >= 11 is 0. The molecule has 0 radical (unpaired) electrons. The first-order valence-electron chi connectivity index (χ1n) is 8.64. The molecule has 3 N–H and O–H groups in total. The first kappa shape index (κ1) is 16.1. The minimum atomic E-state index is -0.179. The van der Waals surface area contributed by atoms with Crippen molar-refractivity contribution in [2.75, 3.05) is 19.7 Å². The molecule has 4 heteroatoms. The number of rotatable bonds is 5. The molecule has 2 aliphatic rings. The minimum Gasteiger partial charge on any atom is -0.493 e. The molecule has 0 bridgehead atoms. The van der Waals surface area contributed by atoms with Crippen molar-refractivity contribution in [3.63, 3.8) is 0 Å². The minimum absolute atomic E-state index is 0.00587. The van der Waals surface area contributed by atoms with Crippen LogP contribution in [0, 0.1) is 11.8 Å². The summed E-state index contributed by atoms with van der Waals surface area (Å²) in [6, 6.07) is 8.34. The number of hydrogen-bond acceptors (Lipinski definition) is 3. The van der Waals surface area contributed by atoms with Crippen molar-refractivity contribution in [3.05, 3.63) is 35.9 Å². The number of primary amides is 1. The Bertz CT molecular complexity index is 559. The van der Waals surface area contributed by atoms with Crippen LogP contribution in [-0.4, -0.2) is 25.6 Å². The van der Waals surface area contributed by atoms with Crippen LogP contribution in [0.25, 0.3) is 5.57 Å². The van der Waals surface area contributed by atoms with Crippen molar-refractivity contribution in [2.24, 2.45) is 17.6 Å². The number of ether oxygens (including phenoxy) is 1. The maximum atomic E-state index is 11.2. The lowest BCUT2D eigenvalue weighted by Gasteiger charge is -2.23. The fourth-order valence-electron chi connectivity index (χ4n) is 3.38. The highest BCUT2D eigenvalue weighted by atomic mass is 16.5. The van der Waals surface area contributed by atoms with E-state index in [1.807, 2.05) is 0 Å². The van der Waals surface area contributed by atoms with Crippen molar-refractivity contribution < 1.29 is 9.53 Å². The number of carbonyl (C=O) groups excluding carboxylic acids is 1. The number of nitrogens with two attached hydrogens (primary N) is 1. The Balaban J connectivity index is 1.54. The van der Waals surface area contributed by atoms with Crippen molar-refractivity contribution in [3.8, 4) is 5.75 Å². The van der Waals surface area contributed by atoms with Gasteiger partial charge in [0.05, 0.1) is 6.61 Å². The summed E-state index contributed by atoms with van der Waals surface area (Å²) in [7, 11) is 0. The highest BCUT2D eigenvalue weighted by Crippen LogP contribution is 2.31. The predicted molar refractivity (Wildman–Crippen MR) is 92.0 cm³/mol. The maximum Gasteiger partial charge on any atom is 0.220 e. The second kappa shape index (κ2) is 7.64. The molecule has 1 unspecified atom stereocenters. The molecule has 1 atom stereocenters. The Morgan fingerprint density at radius 1 is 1.17 bits per heavy atom. The number of allylic oxidation sites excluding steroid dienone is 2. The average Bonchev–Trinajstić information content (AvgIpc) is 2.61. The second-order valence-electron chi connectivity index (χ2n) is 6.63. The Morgan fingerprint density at radius 2 is 1.91 bits per heavy atom. The standard InChI is InChI=1S/C19H26N2O2/c20-19(22)17-3-1-15(2-4-17)16-5-7-18(8-6-16)23-13-14-9-11-21-12-10-14/h1,5-8,14,17,21H,2-4,9-13H2,(H2,20,22). The van der Waals surface area contributed by atoms with Crippen LogP contribution >= 0.6 is 0 Å². The molecular weight excluding hydrogens is 288 g/mol. The Labute approximate surface area is 138 Å². The van der Waals surface area contributed by atoms with Gasteiger partial charge in [0.1, 0.15) is 5.75 Å². The number of piperidine rings is 1. The molecule has 1 amide bonds. The maximum absolute atomic E-state index is 11.2. The van der Waals surface area contributed by atoms with Crippen molar-refractivity contribution in [1.82, 2.24) is 5.32 Å². The number of amides is 1. The molecule has 1 heterocycles. The third kappa shape index (κ3) is 4.35. The van der Waals surface area contributed by atoms with E-state index in [0.717, 1.165) is 44.7 Å². The zero-order valence-electron chi connectivity index (χ0n) is 13.6. The van der Waals surface area contributed by atoms with Crippen LogP contribution in [0.5, 0.6) is 5.75 Å². The van der Waals surface area contributed by atoms with Crippen LogP contribution in [0.4, 0.5) is 0 Å². The van der Waals surface area contributed by atoms with Gasteiger partial charge in [-0.2, -0.15) is 0 Å². The Kier molecular flexibility index (Phi) is 5.34. The molecule has 0 spiro atoms. The lowest BCUT2D eigenvalue weighted by molar-refractivity contribution is -0.121. The SMILES string of the molecule is NC(=O)C1CC=C(c2ccc(OCC3CCNCC3)cc2)CC1. The van der Waals surface area contributed by atoms with E-state index in [1.165, 1.54) is 24.0 Å². The van der Waals surface area contributed by atoms with E-state index in [4.69, 9.17) is 10.5 Å². The van der Waals surface area contributed by atoms with Crippen LogP contribution in [0.2, 0.25) is 0 Å². The third-order valence-corrected chi connectivity index (χ3v) is 4.98. The van der Waals surface area contributed by atoms with Gasteiger partial charge < -0.3 is 15.8 Å². The highest BCUT2D eigenvalue weighted by molar-refractivity contribution is 5.78. The van der Waals surface area contributed by atoms with Gasteiger partial charge in [-0.15, -0.1) is 0 Å².